The summed E-state index contributed by atoms with van der Waals surface area (Å²) in [6, 6.07) is 0.719. The summed E-state index contributed by atoms with van der Waals surface area (Å²) in [6.45, 7) is 3.01. The molecule has 0 radical (unpaired) electrons. The summed E-state index contributed by atoms with van der Waals surface area (Å²) < 4.78 is 0. The summed E-state index contributed by atoms with van der Waals surface area (Å²) in [5.74, 6) is 3.49. The maximum atomic E-state index is 5.08. The normalized spacial score (nSPS) is 32.9. The highest BCUT2D eigenvalue weighted by Gasteiger charge is 2.23. The fourth-order valence-corrected chi connectivity index (χ4v) is 1.27. The molecule has 1 saturated carbocycles. The van der Waals surface area contributed by atoms with E-state index in [4.69, 9.17) is 6.42 Å². The highest BCUT2D eigenvalue weighted by Crippen LogP contribution is 2.25. The molecule has 0 aromatic rings. The van der Waals surface area contributed by atoms with Crippen LogP contribution in [0, 0.1) is 18.3 Å². The number of terminal acetylenes is 1. The Labute approximate surface area is 56.8 Å². The third kappa shape index (κ3) is 1.73. The van der Waals surface area contributed by atoms with E-state index < -0.39 is 0 Å². The van der Waals surface area contributed by atoms with Gasteiger partial charge < -0.3 is 5.32 Å². The third-order valence-electron chi connectivity index (χ3n) is 1.87. The number of nitrogens with one attached hydrogen (secondary N) is 1. The van der Waals surface area contributed by atoms with E-state index in [2.05, 4.69) is 18.2 Å². The van der Waals surface area contributed by atoms with E-state index in [-0.39, 0.29) is 0 Å². The average Bonchev–Trinajstić information content (AvgIpc) is 1.78. The SMILES string of the molecule is C#CCNC1CC(C)C1. The Balaban J connectivity index is 1.99. The van der Waals surface area contributed by atoms with Gasteiger partial charge in [-0.1, -0.05) is 12.8 Å². The van der Waals surface area contributed by atoms with Gasteiger partial charge >= 0.3 is 0 Å². The predicted molar refractivity (Wildman–Crippen MR) is 39.0 cm³/mol. The zero-order chi connectivity index (χ0) is 6.69. The maximum Gasteiger partial charge on any atom is 0.0575 e. The van der Waals surface area contributed by atoms with E-state index >= 15 is 0 Å². The molecule has 1 N–H and O–H groups in total. The van der Waals surface area contributed by atoms with E-state index in [1.54, 1.807) is 0 Å². The lowest BCUT2D eigenvalue weighted by molar-refractivity contribution is 0.249. The minimum absolute atomic E-state index is 0.719. The van der Waals surface area contributed by atoms with Gasteiger partial charge in [0, 0.05) is 6.04 Å². The topological polar surface area (TPSA) is 12.0 Å². The number of hydrogen-bond donors (Lipinski definition) is 1. The van der Waals surface area contributed by atoms with Crippen LogP contribution in [0.1, 0.15) is 19.8 Å². The lowest BCUT2D eigenvalue weighted by Crippen LogP contribution is -2.40. The Morgan fingerprint density at radius 3 is 2.78 bits per heavy atom. The average molecular weight is 123 g/mol. The summed E-state index contributed by atoms with van der Waals surface area (Å²) in [7, 11) is 0. The first kappa shape index (κ1) is 6.64. The van der Waals surface area contributed by atoms with Gasteiger partial charge in [-0.15, -0.1) is 6.42 Å². The molecule has 1 aliphatic rings. The molecule has 50 valence electrons. The molecule has 1 fully saturated rings. The Morgan fingerprint density at radius 2 is 2.33 bits per heavy atom. The van der Waals surface area contributed by atoms with E-state index in [0.29, 0.717) is 0 Å². The molecule has 0 bridgehead atoms. The van der Waals surface area contributed by atoms with Crippen LogP contribution < -0.4 is 5.32 Å². The predicted octanol–water partition coefficient (Wildman–Crippen LogP) is 1.01. The Hall–Kier alpha value is -0.480. The summed E-state index contributed by atoms with van der Waals surface area (Å²) >= 11 is 0. The van der Waals surface area contributed by atoms with Crippen LogP contribution in [0.2, 0.25) is 0 Å². The van der Waals surface area contributed by atoms with Gasteiger partial charge in [-0.3, -0.25) is 0 Å². The molecular weight excluding hydrogens is 110 g/mol. The largest absolute Gasteiger partial charge is 0.303 e. The fraction of sp³-hybridized carbons (Fsp3) is 0.750. The molecular formula is C8H13N. The third-order valence-corrected chi connectivity index (χ3v) is 1.87. The van der Waals surface area contributed by atoms with Gasteiger partial charge in [0.05, 0.1) is 6.54 Å². The van der Waals surface area contributed by atoms with Crippen LogP contribution >= 0.6 is 0 Å². The van der Waals surface area contributed by atoms with Crippen molar-refractivity contribution >= 4 is 0 Å². The second-order valence-corrected chi connectivity index (χ2v) is 2.86. The van der Waals surface area contributed by atoms with Crippen molar-refractivity contribution in [2.45, 2.75) is 25.8 Å². The van der Waals surface area contributed by atoms with Crippen molar-refractivity contribution < 1.29 is 0 Å². The van der Waals surface area contributed by atoms with Gasteiger partial charge in [-0.2, -0.15) is 0 Å². The van der Waals surface area contributed by atoms with Gasteiger partial charge in [0.15, 0.2) is 0 Å². The van der Waals surface area contributed by atoms with Crippen molar-refractivity contribution in [2.75, 3.05) is 6.54 Å². The Morgan fingerprint density at radius 1 is 1.67 bits per heavy atom. The fourth-order valence-electron chi connectivity index (χ4n) is 1.27. The van der Waals surface area contributed by atoms with Gasteiger partial charge in [-0.25, -0.2) is 0 Å². The van der Waals surface area contributed by atoms with Crippen molar-refractivity contribution in [3.63, 3.8) is 0 Å². The van der Waals surface area contributed by atoms with Crippen molar-refractivity contribution in [2.24, 2.45) is 5.92 Å². The molecule has 1 nitrogen and oxygen atoms in total. The second-order valence-electron chi connectivity index (χ2n) is 2.86. The molecule has 0 aromatic heterocycles. The number of hydrogen-bond acceptors (Lipinski definition) is 1. The first-order valence-electron chi connectivity index (χ1n) is 3.49. The second kappa shape index (κ2) is 2.89. The molecule has 1 aliphatic carbocycles. The van der Waals surface area contributed by atoms with E-state index in [1.165, 1.54) is 12.8 Å². The Kier molecular flexibility index (Phi) is 2.13. The molecule has 9 heavy (non-hydrogen) atoms. The summed E-state index contributed by atoms with van der Waals surface area (Å²) in [5, 5.41) is 3.26. The zero-order valence-electron chi connectivity index (χ0n) is 5.85. The van der Waals surface area contributed by atoms with Crippen LogP contribution in [-0.4, -0.2) is 12.6 Å². The first-order chi connectivity index (χ1) is 4.33. The van der Waals surface area contributed by atoms with Gasteiger partial charge in [0.25, 0.3) is 0 Å². The molecule has 0 aliphatic heterocycles. The van der Waals surface area contributed by atoms with E-state index in [0.717, 1.165) is 18.5 Å². The van der Waals surface area contributed by atoms with E-state index in [1.807, 2.05) is 0 Å². The van der Waals surface area contributed by atoms with Gasteiger partial charge in [-0.05, 0) is 18.8 Å². The summed E-state index contributed by atoms with van der Waals surface area (Å²) in [6.07, 6.45) is 7.69. The van der Waals surface area contributed by atoms with Crippen molar-refractivity contribution in [1.29, 1.82) is 0 Å². The zero-order valence-corrected chi connectivity index (χ0v) is 5.85. The monoisotopic (exact) mass is 123 g/mol. The molecule has 0 unspecified atom stereocenters. The lowest BCUT2D eigenvalue weighted by atomic mass is 9.82. The minimum atomic E-state index is 0.719. The van der Waals surface area contributed by atoms with Crippen LogP contribution in [0.15, 0.2) is 0 Å². The molecule has 1 heteroatoms. The molecule has 0 amide bonds. The lowest BCUT2D eigenvalue weighted by Gasteiger charge is -2.32. The highest BCUT2D eigenvalue weighted by molar-refractivity contribution is 4.91. The standard InChI is InChI=1S/C8H13N/c1-3-4-9-8-5-7(2)6-8/h1,7-9H,4-6H2,2H3. The minimum Gasteiger partial charge on any atom is -0.303 e. The molecule has 0 atom stereocenters. The quantitative estimate of drug-likeness (QED) is 0.540. The van der Waals surface area contributed by atoms with Crippen molar-refractivity contribution in [1.82, 2.24) is 5.32 Å². The Bertz CT molecular complexity index is 117. The first-order valence-corrected chi connectivity index (χ1v) is 3.49. The van der Waals surface area contributed by atoms with Gasteiger partial charge in [0.1, 0.15) is 0 Å². The number of rotatable bonds is 2. The smallest absolute Gasteiger partial charge is 0.0575 e. The molecule has 1 rings (SSSR count). The van der Waals surface area contributed by atoms with Gasteiger partial charge in [0.2, 0.25) is 0 Å². The molecule has 0 aromatic carbocycles. The molecule has 0 heterocycles. The molecule has 0 saturated heterocycles. The summed E-state index contributed by atoms with van der Waals surface area (Å²) in [4.78, 5) is 0. The summed E-state index contributed by atoms with van der Waals surface area (Å²) in [5.41, 5.74) is 0. The highest BCUT2D eigenvalue weighted by atomic mass is 14.9. The van der Waals surface area contributed by atoms with Crippen LogP contribution in [-0.2, 0) is 0 Å². The maximum absolute atomic E-state index is 5.08. The molecule has 0 spiro atoms. The van der Waals surface area contributed by atoms with Crippen LogP contribution in [0.25, 0.3) is 0 Å². The van der Waals surface area contributed by atoms with Crippen LogP contribution in [0.4, 0.5) is 0 Å². The van der Waals surface area contributed by atoms with Crippen molar-refractivity contribution in [3.05, 3.63) is 0 Å². The van der Waals surface area contributed by atoms with Crippen LogP contribution in [0.5, 0.6) is 0 Å². The van der Waals surface area contributed by atoms with Crippen LogP contribution in [0.3, 0.4) is 0 Å². The van der Waals surface area contributed by atoms with Crippen molar-refractivity contribution in [3.8, 4) is 12.3 Å². The van der Waals surface area contributed by atoms with E-state index in [9.17, 15) is 0 Å².